The highest BCUT2D eigenvalue weighted by Crippen LogP contribution is 2.33. The molecule has 18 heavy (non-hydrogen) atoms. The fourth-order valence-electron chi connectivity index (χ4n) is 1.90. The first kappa shape index (κ1) is 13.0. The van der Waals surface area contributed by atoms with E-state index in [9.17, 15) is 14.3 Å². The minimum absolute atomic E-state index is 0.221. The molecular formula is C13H14FNO2S. The van der Waals surface area contributed by atoms with Gasteiger partial charge in [0.15, 0.2) is 0 Å². The van der Waals surface area contributed by atoms with E-state index >= 15 is 0 Å². The summed E-state index contributed by atoms with van der Waals surface area (Å²) in [6.07, 6.45) is 0.951. The van der Waals surface area contributed by atoms with E-state index in [1.165, 1.54) is 6.07 Å². The molecule has 3 nitrogen and oxygen atoms in total. The van der Waals surface area contributed by atoms with E-state index in [4.69, 9.17) is 0 Å². The molecule has 0 radical (unpaired) electrons. The van der Waals surface area contributed by atoms with Crippen molar-refractivity contribution in [1.82, 2.24) is 5.32 Å². The van der Waals surface area contributed by atoms with Crippen LogP contribution in [0.4, 0.5) is 4.39 Å². The Balaban J connectivity index is 2.51. The van der Waals surface area contributed by atoms with E-state index in [-0.39, 0.29) is 10.7 Å². The van der Waals surface area contributed by atoms with Crippen molar-refractivity contribution < 1.29 is 14.3 Å². The quantitative estimate of drug-likeness (QED) is 0.818. The van der Waals surface area contributed by atoms with Gasteiger partial charge in [-0.25, -0.2) is 9.18 Å². The number of nitrogens with one attached hydrogen (secondary N) is 1. The number of carboxylic acids is 1. The molecule has 2 aromatic rings. The molecule has 0 aliphatic heterocycles. The molecule has 1 aromatic carbocycles. The van der Waals surface area contributed by atoms with Crippen LogP contribution in [0, 0.1) is 5.82 Å². The van der Waals surface area contributed by atoms with Gasteiger partial charge in [-0.2, -0.15) is 0 Å². The third-order valence-corrected chi connectivity index (χ3v) is 3.87. The highest BCUT2D eigenvalue weighted by Gasteiger charge is 2.19. The van der Waals surface area contributed by atoms with Gasteiger partial charge in [-0.1, -0.05) is 13.0 Å². The molecule has 5 heteroatoms. The van der Waals surface area contributed by atoms with Crippen LogP contribution in [0.1, 0.15) is 28.6 Å². The molecule has 2 N–H and O–H groups in total. The Labute approximate surface area is 108 Å². The Morgan fingerprint density at radius 1 is 1.50 bits per heavy atom. The lowest BCUT2D eigenvalue weighted by atomic mass is 10.1. The van der Waals surface area contributed by atoms with Crippen LogP contribution in [0.2, 0.25) is 0 Å². The summed E-state index contributed by atoms with van der Waals surface area (Å²) < 4.78 is 14.5. The van der Waals surface area contributed by atoms with Crippen LogP contribution >= 0.6 is 11.3 Å². The zero-order chi connectivity index (χ0) is 13.1. The van der Waals surface area contributed by atoms with E-state index in [1.54, 1.807) is 12.1 Å². The van der Waals surface area contributed by atoms with Gasteiger partial charge >= 0.3 is 5.97 Å². The number of aromatic carboxylic acids is 1. The topological polar surface area (TPSA) is 49.3 Å². The van der Waals surface area contributed by atoms with Crippen molar-refractivity contribution in [3.8, 4) is 0 Å². The molecule has 0 aliphatic rings. The lowest BCUT2D eigenvalue weighted by Crippen LogP contribution is -2.15. The lowest BCUT2D eigenvalue weighted by Gasteiger charge is -2.04. The zero-order valence-corrected chi connectivity index (χ0v) is 10.8. The fraction of sp³-hybridized carbons (Fsp3) is 0.308. The summed E-state index contributed by atoms with van der Waals surface area (Å²) in [6, 6.07) is 4.71. The first-order valence-electron chi connectivity index (χ1n) is 5.79. The maximum absolute atomic E-state index is 13.8. The van der Waals surface area contributed by atoms with E-state index in [0.717, 1.165) is 24.3 Å². The predicted octanol–water partition coefficient (Wildman–Crippen LogP) is 3.24. The third kappa shape index (κ3) is 2.37. The van der Waals surface area contributed by atoms with Crippen molar-refractivity contribution in [3.05, 3.63) is 34.5 Å². The third-order valence-electron chi connectivity index (χ3n) is 2.69. The van der Waals surface area contributed by atoms with Gasteiger partial charge in [0.2, 0.25) is 0 Å². The smallest absolute Gasteiger partial charge is 0.346 e. The molecule has 2 rings (SSSR count). The van der Waals surface area contributed by atoms with E-state index in [0.29, 0.717) is 22.2 Å². The van der Waals surface area contributed by atoms with Crippen LogP contribution < -0.4 is 5.32 Å². The van der Waals surface area contributed by atoms with Gasteiger partial charge in [-0.05, 0) is 25.1 Å². The SMILES string of the molecule is CCCNCc1c(C(=O)O)sc2cccc(F)c12. The van der Waals surface area contributed by atoms with Crippen molar-refractivity contribution in [1.29, 1.82) is 0 Å². The minimum Gasteiger partial charge on any atom is -0.477 e. The molecule has 96 valence electrons. The summed E-state index contributed by atoms with van der Waals surface area (Å²) in [4.78, 5) is 11.4. The van der Waals surface area contributed by atoms with Gasteiger partial charge in [0.1, 0.15) is 10.7 Å². The van der Waals surface area contributed by atoms with Gasteiger partial charge in [-0.15, -0.1) is 11.3 Å². The summed E-state index contributed by atoms with van der Waals surface area (Å²) in [7, 11) is 0. The Bertz CT molecular complexity index is 580. The number of fused-ring (bicyclic) bond motifs is 1. The Morgan fingerprint density at radius 2 is 2.28 bits per heavy atom. The summed E-state index contributed by atoms with van der Waals surface area (Å²) >= 11 is 1.12. The first-order chi connectivity index (χ1) is 8.65. The van der Waals surface area contributed by atoms with Gasteiger partial charge in [-0.3, -0.25) is 0 Å². The van der Waals surface area contributed by atoms with Crippen molar-refractivity contribution in [2.75, 3.05) is 6.54 Å². The normalized spacial score (nSPS) is 11.0. The number of rotatable bonds is 5. The lowest BCUT2D eigenvalue weighted by molar-refractivity contribution is 0.0701. The highest BCUT2D eigenvalue weighted by molar-refractivity contribution is 7.21. The minimum atomic E-state index is -0.996. The second kappa shape index (κ2) is 5.46. The molecule has 0 amide bonds. The number of hydrogen-bond donors (Lipinski definition) is 2. The largest absolute Gasteiger partial charge is 0.477 e. The molecule has 0 aliphatic carbocycles. The van der Waals surface area contributed by atoms with E-state index in [1.807, 2.05) is 6.92 Å². The van der Waals surface area contributed by atoms with Crippen molar-refractivity contribution in [2.45, 2.75) is 19.9 Å². The monoisotopic (exact) mass is 267 g/mol. The second-order valence-electron chi connectivity index (χ2n) is 4.00. The highest BCUT2D eigenvalue weighted by atomic mass is 32.1. The average Bonchev–Trinajstić information content (AvgIpc) is 2.70. The van der Waals surface area contributed by atoms with Crippen LogP contribution in [0.15, 0.2) is 18.2 Å². The molecule has 0 unspecified atom stereocenters. The predicted molar refractivity (Wildman–Crippen MR) is 70.7 cm³/mol. The molecule has 0 atom stereocenters. The summed E-state index contributed by atoms with van der Waals surface area (Å²) in [5.41, 5.74) is 0.550. The maximum atomic E-state index is 13.8. The fourth-order valence-corrected chi connectivity index (χ4v) is 2.97. The molecule has 1 aromatic heterocycles. The molecule has 0 saturated carbocycles. The summed E-state index contributed by atoms with van der Waals surface area (Å²) in [5, 5.41) is 12.7. The van der Waals surface area contributed by atoms with Crippen LogP contribution in [-0.2, 0) is 6.54 Å². The van der Waals surface area contributed by atoms with Crippen molar-refractivity contribution >= 4 is 27.4 Å². The number of thiophene rings is 1. The first-order valence-corrected chi connectivity index (χ1v) is 6.60. The zero-order valence-electron chi connectivity index (χ0n) is 10.00. The van der Waals surface area contributed by atoms with Gasteiger partial charge in [0.25, 0.3) is 0 Å². The molecule has 0 fully saturated rings. The van der Waals surface area contributed by atoms with Crippen molar-refractivity contribution in [3.63, 3.8) is 0 Å². The number of carboxylic acid groups (broad SMARTS) is 1. The maximum Gasteiger partial charge on any atom is 0.346 e. The molecular weight excluding hydrogens is 253 g/mol. The van der Waals surface area contributed by atoms with Gasteiger partial charge < -0.3 is 10.4 Å². The molecule has 0 bridgehead atoms. The van der Waals surface area contributed by atoms with E-state index in [2.05, 4.69) is 5.32 Å². The van der Waals surface area contributed by atoms with Crippen LogP contribution in [0.25, 0.3) is 10.1 Å². The average molecular weight is 267 g/mol. The number of hydrogen-bond acceptors (Lipinski definition) is 3. The standard InChI is InChI=1S/C13H14FNO2S/c1-2-6-15-7-8-11-9(14)4-3-5-10(11)18-12(8)13(16)17/h3-5,15H,2,6-7H2,1H3,(H,16,17). The van der Waals surface area contributed by atoms with E-state index < -0.39 is 5.97 Å². The Kier molecular flexibility index (Phi) is 3.93. The van der Waals surface area contributed by atoms with Crippen LogP contribution in [-0.4, -0.2) is 17.6 Å². The Morgan fingerprint density at radius 3 is 2.94 bits per heavy atom. The van der Waals surface area contributed by atoms with Gasteiger partial charge in [0.05, 0.1) is 0 Å². The number of benzene rings is 1. The van der Waals surface area contributed by atoms with Crippen LogP contribution in [0.3, 0.4) is 0 Å². The number of halogens is 1. The second-order valence-corrected chi connectivity index (χ2v) is 5.06. The molecule has 0 spiro atoms. The van der Waals surface area contributed by atoms with Crippen molar-refractivity contribution in [2.24, 2.45) is 0 Å². The summed E-state index contributed by atoms with van der Waals surface area (Å²) in [5.74, 6) is -1.35. The van der Waals surface area contributed by atoms with Gasteiger partial charge in [0, 0.05) is 22.2 Å². The molecule has 0 saturated heterocycles. The summed E-state index contributed by atoms with van der Waals surface area (Å²) in [6.45, 7) is 3.19. The van der Waals surface area contributed by atoms with Crippen LogP contribution in [0.5, 0.6) is 0 Å². The number of carbonyl (C=O) groups is 1. The molecule has 1 heterocycles. The Hall–Kier alpha value is -1.46.